The number of nitrogens with zero attached hydrogens (tertiary/aromatic N) is 1. The SMILES string of the molecule is O=C(CCc1conc1-c1ccccc1)NCc1ccccc1Br. The first-order chi connectivity index (χ1) is 11.7. The van der Waals surface area contributed by atoms with E-state index in [1.807, 2.05) is 54.6 Å². The van der Waals surface area contributed by atoms with Crippen LogP contribution in [0, 0.1) is 0 Å². The van der Waals surface area contributed by atoms with Crippen LogP contribution in [-0.4, -0.2) is 11.1 Å². The van der Waals surface area contributed by atoms with Crippen LogP contribution in [0.1, 0.15) is 17.5 Å². The average molecular weight is 385 g/mol. The maximum Gasteiger partial charge on any atom is 0.220 e. The number of aryl methyl sites for hydroxylation is 1. The van der Waals surface area contributed by atoms with Gasteiger partial charge in [-0.15, -0.1) is 0 Å². The maximum absolute atomic E-state index is 12.1. The van der Waals surface area contributed by atoms with Crippen molar-refractivity contribution in [1.29, 1.82) is 0 Å². The maximum atomic E-state index is 12.1. The first kappa shape index (κ1) is 16.5. The molecule has 122 valence electrons. The molecule has 3 aromatic rings. The summed E-state index contributed by atoms with van der Waals surface area (Å²) in [6.45, 7) is 0.509. The molecule has 0 saturated heterocycles. The number of carbonyl (C=O) groups excluding carboxylic acids is 1. The van der Waals surface area contributed by atoms with Crippen LogP contribution in [-0.2, 0) is 17.8 Å². The predicted octanol–water partition coefficient (Wildman–Crippen LogP) is 4.35. The molecule has 0 atom stereocenters. The normalized spacial score (nSPS) is 10.5. The van der Waals surface area contributed by atoms with Crippen LogP contribution in [0.5, 0.6) is 0 Å². The molecule has 5 heteroatoms. The summed E-state index contributed by atoms with van der Waals surface area (Å²) in [6, 6.07) is 17.7. The summed E-state index contributed by atoms with van der Waals surface area (Å²) < 4.78 is 6.09. The minimum Gasteiger partial charge on any atom is -0.364 e. The molecule has 0 spiro atoms. The number of aromatic nitrogens is 1. The largest absolute Gasteiger partial charge is 0.364 e. The molecule has 1 heterocycles. The minimum atomic E-state index is 0.00552. The Balaban J connectivity index is 1.56. The zero-order chi connectivity index (χ0) is 16.8. The third-order valence-electron chi connectivity index (χ3n) is 3.75. The number of hydrogen-bond donors (Lipinski definition) is 1. The molecule has 1 aromatic heterocycles. The molecule has 2 aromatic carbocycles. The molecule has 24 heavy (non-hydrogen) atoms. The predicted molar refractivity (Wildman–Crippen MR) is 96.2 cm³/mol. The summed E-state index contributed by atoms with van der Waals surface area (Å²) >= 11 is 3.48. The van der Waals surface area contributed by atoms with Gasteiger partial charge < -0.3 is 9.84 Å². The quantitative estimate of drug-likeness (QED) is 0.686. The second-order valence-corrected chi connectivity index (χ2v) is 6.28. The molecule has 4 nitrogen and oxygen atoms in total. The minimum absolute atomic E-state index is 0.00552. The van der Waals surface area contributed by atoms with Gasteiger partial charge in [0.15, 0.2) is 0 Å². The van der Waals surface area contributed by atoms with Crippen molar-refractivity contribution < 1.29 is 9.32 Å². The lowest BCUT2D eigenvalue weighted by Crippen LogP contribution is -2.23. The highest BCUT2D eigenvalue weighted by atomic mass is 79.9. The lowest BCUT2D eigenvalue weighted by molar-refractivity contribution is -0.121. The Labute approximate surface area is 149 Å². The van der Waals surface area contributed by atoms with Crippen LogP contribution >= 0.6 is 15.9 Å². The molecule has 0 aliphatic rings. The van der Waals surface area contributed by atoms with Gasteiger partial charge in [0.2, 0.25) is 5.91 Å². The summed E-state index contributed by atoms with van der Waals surface area (Å²) in [5.74, 6) is 0.00552. The van der Waals surface area contributed by atoms with Crippen LogP contribution in [0.2, 0.25) is 0 Å². The van der Waals surface area contributed by atoms with Crippen LogP contribution in [0.15, 0.2) is 69.9 Å². The van der Waals surface area contributed by atoms with Gasteiger partial charge in [-0.1, -0.05) is 69.6 Å². The second-order valence-electron chi connectivity index (χ2n) is 5.42. The number of hydrogen-bond acceptors (Lipinski definition) is 3. The Morgan fingerprint density at radius 2 is 1.79 bits per heavy atom. The molecule has 0 bridgehead atoms. The monoisotopic (exact) mass is 384 g/mol. The second kappa shape index (κ2) is 7.93. The highest BCUT2D eigenvalue weighted by Gasteiger charge is 2.12. The van der Waals surface area contributed by atoms with Gasteiger partial charge in [0.25, 0.3) is 0 Å². The molecule has 0 fully saturated rings. The molecule has 0 aliphatic carbocycles. The van der Waals surface area contributed by atoms with Crippen molar-refractivity contribution >= 4 is 21.8 Å². The summed E-state index contributed by atoms with van der Waals surface area (Å²) in [4.78, 5) is 12.1. The highest BCUT2D eigenvalue weighted by molar-refractivity contribution is 9.10. The van der Waals surface area contributed by atoms with Gasteiger partial charge in [0.05, 0.1) is 0 Å². The molecule has 0 radical (unpaired) electrons. The van der Waals surface area contributed by atoms with Crippen LogP contribution in [0.4, 0.5) is 0 Å². The van der Waals surface area contributed by atoms with Crippen molar-refractivity contribution in [3.8, 4) is 11.3 Å². The van der Waals surface area contributed by atoms with E-state index < -0.39 is 0 Å². The smallest absolute Gasteiger partial charge is 0.220 e. The van der Waals surface area contributed by atoms with Gasteiger partial charge in [-0.3, -0.25) is 4.79 Å². The van der Waals surface area contributed by atoms with Gasteiger partial charge in [0, 0.05) is 28.6 Å². The van der Waals surface area contributed by atoms with Crippen molar-refractivity contribution in [3.63, 3.8) is 0 Å². The standard InChI is InChI=1S/C19H17BrN2O2/c20-17-9-5-4-8-15(17)12-21-18(23)11-10-16-13-24-22-19(16)14-6-2-1-3-7-14/h1-9,13H,10-12H2,(H,21,23). The third kappa shape index (κ3) is 4.11. The van der Waals surface area contributed by atoms with E-state index >= 15 is 0 Å². The van der Waals surface area contributed by atoms with Crippen molar-refractivity contribution in [2.45, 2.75) is 19.4 Å². The zero-order valence-electron chi connectivity index (χ0n) is 13.0. The fourth-order valence-corrected chi connectivity index (χ4v) is 2.87. The zero-order valence-corrected chi connectivity index (χ0v) is 14.6. The van der Waals surface area contributed by atoms with Crippen LogP contribution in [0.3, 0.4) is 0 Å². The summed E-state index contributed by atoms with van der Waals surface area (Å²) in [5.41, 5.74) is 3.79. The van der Waals surface area contributed by atoms with E-state index in [1.165, 1.54) is 0 Å². The lowest BCUT2D eigenvalue weighted by atomic mass is 10.0. The number of halogens is 1. The number of nitrogens with one attached hydrogen (secondary N) is 1. The fourth-order valence-electron chi connectivity index (χ4n) is 2.44. The molecule has 3 rings (SSSR count). The van der Waals surface area contributed by atoms with E-state index in [9.17, 15) is 4.79 Å². The van der Waals surface area contributed by atoms with Crippen molar-refractivity contribution in [1.82, 2.24) is 10.5 Å². The van der Waals surface area contributed by atoms with Crippen LogP contribution < -0.4 is 5.32 Å². The van der Waals surface area contributed by atoms with E-state index in [4.69, 9.17) is 4.52 Å². The van der Waals surface area contributed by atoms with Gasteiger partial charge >= 0.3 is 0 Å². The summed E-state index contributed by atoms with van der Waals surface area (Å²) in [7, 11) is 0. The third-order valence-corrected chi connectivity index (χ3v) is 4.52. The first-order valence-corrected chi connectivity index (χ1v) is 8.52. The van der Waals surface area contributed by atoms with Crippen molar-refractivity contribution in [2.24, 2.45) is 0 Å². The Bertz CT molecular complexity index is 815. The van der Waals surface area contributed by atoms with Gasteiger partial charge in [-0.05, 0) is 18.1 Å². The molecule has 0 unspecified atom stereocenters. The molecular weight excluding hydrogens is 368 g/mol. The first-order valence-electron chi connectivity index (χ1n) is 7.73. The molecule has 1 amide bonds. The van der Waals surface area contributed by atoms with Gasteiger partial charge in [-0.2, -0.15) is 0 Å². The lowest BCUT2D eigenvalue weighted by Gasteiger charge is -2.07. The fraction of sp³-hybridized carbons (Fsp3) is 0.158. The molecule has 0 saturated carbocycles. The number of carbonyl (C=O) groups is 1. The molecular formula is C19H17BrN2O2. The highest BCUT2D eigenvalue weighted by Crippen LogP contribution is 2.22. The van der Waals surface area contributed by atoms with Crippen LogP contribution in [0.25, 0.3) is 11.3 Å². The topological polar surface area (TPSA) is 55.1 Å². The van der Waals surface area contributed by atoms with Gasteiger partial charge in [-0.25, -0.2) is 0 Å². The Hall–Kier alpha value is -2.40. The number of benzene rings is 2. The van der Waals surface area contributed by atoms with E-state index in [-0.39, 0.29) is 5.91 Å². The van der Waals surface area contributed by atoms with Crippen molar-refractivity contribution in [3.05, 3.63) is 76.5 Å². The molecule has 0 aliphatic heterocycles. The van der Waals surface area contributed by atoms with E-state index in [0.29, 0.717) is 19.4 Å². The Kier molecular flexibility index (Phi) is 5.43. The molecule has 1 N–H and O–H groups in total. The average Bonchev–Trinajstić information content (AvgIpc) is 3.08. The Morgan fingerprint density at radius 3 is 2.58 bits per heavy atom. The van der Waals surface area contributed by atoms with E-state index in [2.05, 4.69) is 26.4 Å². The van der Waals surface area contributed by atoms with Crippen molar-refractivity contribution in [2.75, 3.05) is 0 Å². The summed E-state index contributed by atoms with van der Waals surface area (Å²) in [5, 5.41) is 7.00. The van der Waals surface area contributed by atoms with E-state index in [1.54, 1.807) is 6.26 Å². The van der Waals surface area contributed by atoms with Gasteiger partial charge in [0.1, 0.15) is 12.0 Å². The Morgan fingerprint density at radius 1 is 1.04 bits per heavy atom. The summed E-state index contributed by atoms with van der Waals surface area (Å²) in [6.07, 6.45) is 2.60. The number of amides is 1. The van der Waals surface area contributed by atoms with E-state index in [0.717, 1.165) is 26.9 Å². The number of rotatable bonds is 6.